The molecule has 41 heavy (non-hydrogen) atoms. The van der Waals surface area contributed by atoms with E-state index in [9.17, 15) is 13.6 Å². The summed E-state index contributed by atoms with van der Waals surface area (Å²) in [6.45, 7) is 6.71. The van der Waals surface area contributed by atoms with E-state index >= 15 is 0 Å². The van der Waals surface area contributed by atoms with Crippen LogP contribution in [-0.2, 0) is 4.79 Å². The van der Waals surface area contributed by atoms with Crippen LogP contribution in [0, 0.1) is 22.7 Å². The van der Waals surface area contributed by atoms with Crippen molar-refractivity contribution in [2.45, 2.75) is 121 Å². The third kappa shape index (κ3) is 6.82. The molecular weight excluding hydrogens is 540 g/mol. The summed E-state index contributed by atoms with van der Waals surface area (Å²) in [4.78, 5) is 18.0. The Balaban J connectivity index is 1.29. The van der Waals surface area contributed by atoms with Gasteiger partial charge in [0.05, 0.1) is 11.9 Å². The third-order valence-corrected chi connectivity index (χ3v) is 10.8. The average Bonchev–Trinajstić information content (AvgIpc) is 3.17. The molecule has 1 amide bonds. The number of carbonyl (C=O) groups excluding carboxylic acids is 1. The Morgan fingerprint density at radius 2 is 1.85 bits per heavy atom. The molecule has 9 heteroatoms. The molecule has 3 heterocycles. The normalized spacial score (nSPS) is 28.7. The van der Waals surface area contributed by atoms with Crippen molar-refractivity contribution in [3.05, 3.63) is 34.3 Å². The van der Waals surface area contributed by atoms with Crippen molar-refractivity contribution in [3.8, 4) is 0 Å². The van der Waals surface area contributed by atoms with Crippen molar-refractivity contribution in [1.29, 1.82) is 10.8 Å². The number of thioether (sulfide) groups is 1. The van der Waals surface area contributed by atoms with Crippen molar-refractivity contribution in [2.24, 2.45) is 11.8 Å². The lowest BCUT2D eigenvalue weighted by atomic mass is 9.85. The molecule has 3 fully saturated rings. The zero-order valence-electron chi connectivity index (χ0n) is 24.9. The molecular formula is C32H47F2N5OS. The first-order valence-electron chi connectivity index (χ1n) is 15.6. The second-order valence-electron chi connectivity index (χ2n) is 13.1. The van der Waals surface area contributed by atoms with Crippen LogP contribution in [0.1, 0.15) is 91.4 Å². The van der Waals surface area contributed by atoms with Gasteiger partial charge >= 0.3 is 0 Å². The summed E-state index contributed by atoms with van der Waals surface area (Å²) in [6, 6.07) is 0.874. The first-order chi connectivity index (χ1) is 19.5. The molecule has 2 bridgehead atoms. The van der Waals surface area contributed by atoms with Gasteiger partial charge in [0.25, 0.3) is 0 Å². The maximum Gasteiger partial charge on any atom is 0.248 e. The first kappa shape index (κ1) is 30.5. The maximum atomic E-state index is 13.8. The smallest absolute Gasteiger partial charge is 0.248 e. The molecule has 6 nitrogen and oxygen atoms in total. The molecule has 2 saturated heterocycles. The van der Waals surface area contributed by atoms with Gasteiger partial charge in [-0.15, -0.1) is 11.8 Å². The van der Waals surface area contributed by atoms with E-state index in [0.717, 1.165) is 57.2 Å². The fraction of sp³-hybridized carbons (Fsp3) is 0.719. The summed E-state index contributed by atoms with van der Waals surface area (Å²) in [5.74, 6) is -0.997. The lowest BCUT2D eigenvalue weighted by Crippen LogP contribution is -2.54. The van der Waals surface area contributed by atoms with E-state index < -0.39 is 5.92 Å². The Morgan fingerprint density at radius 3 is 2.49 bits per heavy atom. The van der Waals surface area contributed by atoms with Gasteiger partial charge in [-0.05, 0) is 81.3 Å². The largest absolute Gasteiger partial charge is 0.349 e. The van der Waals surface area contributed by atoms with E-state index in [0.29, 0.717) is 23.8 Å². The van der Waals surface area contributed by atoms with E-state index in [4.69, 9.17) is 10.8 Å². The van der Waals surface area contributed by atoms with Crippen molar-refractivity contribution < 1.29 is 13.6 Å². The van der Waals surface area contributed by atoms with Gasteiger partial charge in [0.2, 0.25) is 11.8 Å². The maximum absolute atomic E-state index is 13.8. The Hall–Kier alpha value is -2.00. The van der Waals surface area contributed by atoms with Crippen molar-refractivity contribution in [1.82, 2.24) is 15.1 Å². The molecule has 1 saturated carbocycles. The average molecular weight is 588 g/mol. The number of piperidine rings is 1. The lowest BCUT2D eigenvalue weighted by molar-refractivity contribution is -0.129. The van der Waals surface area contributed by atoms with Crippen molar-refractivity contribution >= 4 is 29.3 Å². The third-order valence-electron chi connectivity index (χ3n) is 9.91. The predicted octanol–water partition coefficient (Wildman–Crippen LogP) is 6.89. The first-order valence-corrected chi connectivity index (χ1v) is 16.7. The second-order valence-corrected chi connectivity index (χ2v) is 13.9. The van der Waals surface area contributed by atoms with Gasteiger partial charge in [-0.2, -0.15) is 0 Å². The van der Waals surface area contributed by atoms with E-state index in [2.05, 4.69) is 27.8 Å². The van der Waals surface area contributed by atoms with Crippen LogP contribution in [0.5, 0.6) is 0 Å². The highest BCUT2D eigenvalue weighted by Crippen LogP contribution is 2.41. The summed E-state index contributed by atoms with van der Waals surface area (Å²) < 4.78 is 27.6. The molecule has 5 aliphatic rings. The van der Waals surface area contributed by atoms with Crippen LogP contribution in [0.15, 0.2) is 34.3 Å². The standard InChI is InChI=1S/C32H47F2N5OS/c1-20(2)30(36)39(21(3)35)26-16-24-8-9-25(17-26)38(24)15-12-29(28-19-41-18-23-6-4-5-7-27(23)28)37-31(40)22-10-13-32(33,34)14-11-22/h5,7,19-20,22,24-26,29,35-36H,4,6,8-18H2,1-3H3,(H,37,40). The molecule has 0 radical (unpaired) electrons. The van der Waals surface area contributed by atoms with Gasteiger partial charge in [-0.1, -0.05) is 31.6 Å². The van der Waals surface area contributed by atoms with E-state index in [-0.39, 0.29) is 55.5 Å². The zero-order valence-corrected chi connectivity index (χ0v) is 25.7. The Morgan fingerprint density at radius 1 is 1.17 bits per heavy atom. The molecule has 0 spiro atoms. The van der Waals surface area contributed by atoms with Gasteiger partial charge < -0.3 is 10.2 Å². The molecule has 2 aliphatic carbocycles. The highest BCUT2D eigenvalue weighted by Gasteiger charge is 2.44. The Bertz CT molecular complexity index is 1100. The topological polar surface area (TPSA) is 83.3 Å². The molecule has 0 aromatic heterocycles. The molecule has 3 unspecified atom stereocenters. The predicted molar refractivity (Wildman–Crippen MR) is 164 cm³/mol. The highest BCUT2D eigenvalue weighted by molar-refractivity contribution is 8.02. The molecule has 3 aliphatic heterocycles. The van der Waals surface area contributed by atoms with Gasteiger partial charge in [0.1, 0.15) is 5.84 Å². The molecule has 3 atom stereocenters. The quantitative estimate of drug-likeness (QED) is 0.213. The van der Waals surface area contributed by atoms with E-state index in [1.165, 1.54) is 16.7 Å². The molecule has 0 aromatic rings. The number of fused-ring (bicyclic) bond motifs is 2. The number of amidine groups is 2. The summed E-state index contributed by atoms with van der Waals surface area (Å²) in [5.41, 5.74) is 3.89. The van der Waals surface area contributed by atoms with Crippen LogP contribution in [0.3, 0.4) is 0 Å². The number of hydrogen-bond donors (Lipinski definition) is 3. The van der Waals surface area contributed by atoms with Crippen molar-refractivity contribution in [2.75, 3.05) is 12.3 Å². The number of halogens is 2. The monoisotopic (exact) mass is 587 g/mol. The van der Waals surface area contributed by atoms with Crippen LogP contribution in [0.2, 0.25) is 0 Å². The second kappa shape index (κ2) is 12.7. The van der Waals surface area contributed by atoms with Gasteiger partial charge in [0, 0.05) is 55.1 Å². The summed E-state index contributed by atoms with van der Waals surface area (Å²) in [5, 5.41) is 22.6. The van der Waals surface area contributed by atoms with Gasteiger partial charge in [0.15, 0.2) is 0 Å². The number of alkyl halides is 2. The Labute approximate surface area is 248 Å². The number of rotatable bonds is 8. The van der Waals surface area contributed by atoms with Crippen LogP contribution in [-0.4, -0.2) is 69.8 Å². The van der Waals surface area contributed by atoms with Gasteiger partial charge in [-0.3, -0.25) is 20.5 Å². The zero-order chi connectivity index (χ0) is 29.3. The SMILES string of the molecule is CC(=N)N(C(=N)C(C)C)C1CC2CCC(C1)N2CCC(NC(=O)C1CCC(F)(F)CC1)C1=CSCC2=C1C=CCC2. The molecule has 5 rings (SSSR count). The van der Waals surface area contributed by atoms with Crippen molar-refractivity contribution in [3.63, 3.8) is 0 Å². The van der Waals surface area contributed by atoms with E-state index in [1.807, 2.05) is 18.7 Å². The lowest BCUT2D eigenvalue weighted by Gasteiger charge is -2.44. The van der Waals surface area contributed by atoms with Crippen LogP contribution >= 0.6 is 11.8 Å². The fourth-order valence-corrected chi connectivity index (χ4v) is 8.71. The van der Waals surface area contributed by atoms with Crippen LogP contribution in [0.25, 0.3) is 0 Å². The summed E-state index contributed by atoms with van der Waals surface area (Å²) >= 11 is 1.80. The molecule has 3 N–H and O–H groups in total. The Kier molecular flexibility index (Phi) is 9.43. The number of allylic oxidation sites excluding steroid dienone is 2. The minimum absolute atomic E-state index is 0.0742. The van der Waals surface area contributed by atoms with E-state index in [1.54, 1.807) is 18.7 Å². The number of amides is 1. The highest BCUT2D eigenvalue weighted by atomic mass is 32.2. The van der Waals surface area contributed by atoms with Gasteiger partial charge in [-0.25, -0.2) is 8.78 Å². The van der Waals surface area contributed by atoms with Crippen LogP contribution < -0.4 is 5.32 Å². The number of nitrogens with zero attached hydrogens (tertiary/aromatic N) is 2. The number of carbonyl (C=O) groups is 1. The molecule has 226 valence electrons. The summed E-state index contributed by atoms with van der Waals surface area (Å²) in [6.07, 6.45) is 11.6. The molecule has 0 aromatic carbocycles. The minimum Gasteiger partial charge on any atom is -0.349 e. The number of hydrogen-bond acceptors (Lipinski definition) is 5. The van der Waals surface area contributed by atoms with Crippen LogP contribution in [0.4, 0.5) is 8.78 Å². The fourth-order valence-electron chi connectivity index (χ4n) is 7.65. The minimum atomic E-state index is -2.64. The summed E-state index contributed by atoms with van der Waals surface area (Å²) in [7, 11) is 0. The number of nitrogens with one attached hydrogen (secondary N) is 3.